The zero-order valence-electron chi connectivity index (χ0n) is 18.8. The minimum atomic E-state index is -0.241. The van der Waals surface area contributed by atoms with Gasteiger partial charge in [0.1, 0.15) is 13.2 Å². The van der Waals surface area contributed by atoms with Gasteiger partial charge >= 0.3 is 0 Å². The number of fused-ring (bicyclic) bond motifs is 2. The molecule has 3 aromatic carbocycles. The standard InChI is InChI=1S/C28H22N4O3/c33-27-25-22(21-9-7-20(8-10-21)19-4-2-1-3-5-19)12-13-29-26(25)31-28(32-27)30-17-18-6-11-23-24(16-18)35-15-14-34-23/h1-13,16H,14-15,17H2,(H2,29,30,31,32,33). The number of ether oxygens (including phenoxy) is 2. The molecule has 0 fully saturated rings. The maximum absolute atomic E-state index is 13.1. The summed E-state index contributed by atoms with van der Waals surface area (Å²) in [6.07, 6.45) is 1.68. The fourth-order valence-electron chi connectivity index (χ4n) is 4.24. The lowest BCUT2D eigenvalue weighted by molar-refractivity contribution is 0.171. The summed E-state index contributed by atoms with van der Waals surface area (Å²) in [7, 11) is 0. The third-order valence-corrected chi connectivity index (χ3v) is 5.98. The predicted octanol–water partition coefficient (Wildman–Crippen LogP) is 5.04. The van der Waals surface area contributed by atoms with Gasteiger partial charge in [0.15, 0.2) is 17.1 Å². The summed E-state index contributed by atoms with van der Waals surface area (Å²) in [5.41, 5.74) is 5.12. The predicted molar refractivity (Wildman–Crippen MR) is 136 cm³/mol. The highest BCUT2D eigenvalue weighted by Gasteiger charge is 2.14. The molecule has 2 aromatic heterocycles. The first-order valence-corrected chi connectivity index (χ1v) is 11.4. The quantitative estimate of drug-likeness (QED) is 0.381. The van der Waals surface area contributed by atoms with Crippen molar-refractivity contribution in [1.82, 2.24) is 15.0 Å². The van der Waals surface area contributed by atoms with Gasteiger partial charge in [-0.25, -0.2) is 4.98 Å². The van der Waals surface area contributed by atoms with Crippen molar-refractivity contribution in [3.05, 3.63) is 101 Å². The zero-order chi connectivity index (χ0) is 23.6. The number of nitrogens with zero attached hydrogens (tertiary/aromatic N) is 2. The number of hydrogen-bond donors (Lipinski definition) is 2. The third-order valence-electron chi connectivity index (χ3n) is 5.98. The average Bonchev–Trinajstić information content (AvgIpc) is 2.92. The first-order chi connectivity index (χ1) is 17.2. The summed E-state index contributed by atoms with van der Waals surface area (Å²) in [5.74, 6) is 1.83. The molecule has 0 unspecified atom stereocenters. The first kappa shape index (κ1) is 20.9. The molecule has 172 valence electrons. The van der Waals surface area contributed by atoms with Crippen molar-refractivity contribution in [3.63, 3.8) is 0 Å². The van der Waals surface area contributed by atoms with Crippen LogP contribution in [0.25, 0.3) is 33.3 Å². The van der Waals surface area contributed by atoms with Crippen molar-refractivity contribution >= 4 is 17.0 Å². The van der Waals surface area contributed by atoms with Crippen molar-refractivity contribution in [1.29, 1.82) is 0 Å². The number of H-pyrrole nitrogens is 1. The summed E-state index contributed by atoms with van der Waals surface area (Å²) < 4.78 is 11.2. The van der Waals surface area contributed by atoms with E-state index in [0.717, 1.165) is 39.3 Å². The Morgan fingerprint density at radius 3 is 2.40 bits per heavy atom. The number of aromatic nitrogens is 3. The van der Waals surface area contributed by atoms with Crippen molar-refractivity contribution in [2.75, 3.05) is 18.5 Å². The van der Waals surface area contributed by atoms with Crippen molar-refractivity contribution in [3.8, 4) is 33.8 Å². The highest BCUT2D eigenvalue weighted by molar-refractivity contribution is 5.92. The third kappa shape index (κ3) is 4.19. The maximum Gasteiger partial charge on any atom is 0.262 e. The van der Waals surface area contributed by atoms with E-state index < -0.39 is 0 Å². The van der Waals surface area contributed by atoms with Gasteiger partial charge in [-0.05, 0) is 46.0 Å². The molecule has 2 N–H and O–H groups in total. The number of benzene rings is 3. The molecule has 0 saturated heterocycles. The summed E-state index contributed by atoms with van der Waals surface area (Å²) in [6.45, 7) is 1.55. The van der Waals surface area contributed by atoms with E-state index in [1.165, 1.54) is 0 Å². The van der Waals surface area contributed by atoms with E-state index >= 15 is 0 Å². The second-order valence-electron chi connectivity index (χ2n) is 8.25. The number of pyridine rings is 1. The van der Waals surface area contributed by atoms with Crippen LogP contribution in [0.2, 0.25) is 0 Å². The molecule has 0 bridgehead atoms. The molecule has 1 aliphatic rings. The number of anilines is 1. The molecule has 1 aliphatic heterocycles. The van der Waals surface area contributed by atoms with Gasteiger partial charge in [0, 0.05) is 12.7 Å². The second kappa shape index (κ2) is 8.95. The Bertz CT molecular complexity index is 1560. The summed E-state index contributed by atoms with van der Waals surface area (Å²) in [4.78, 5) is 24.8. The number of nitrogens with one attached hydrogen (secondary N) is 2. The van der Waals surface area contributed by atoms with Gasteiger partial charge in [-0.1, -0.05) is 60.7 Å². The molecule has 0 radical (unpaired) electrons. The molecular formula is C28H22N4O3. The van der Waals surface area contributed by atoms with Crippen LogP contribution in [0.5, 0.6) is 11.5 Å². The van der Waals surface area contributed by atoms with Crippen LogP contribution >= 0.6 is 0 Å². The minimum Gasteiger partial charge on any atom is -0.486 e. The van der Waals surface area contributed by atoms with Gasteiger partial charge in [-0.15, -0.1) is 0 Å². The molecule has 0 saturated carbocycles. The second-order valence-corrected chi connectivity index (χ2v) is 8.25. The Morgan fingerprint density at radius 1 is 0.829 bits per heavy atom. The highest BCUT2D eigenvalue weighted by Crippen LogP contribution is 2.31. The molecule has 35 heavy (non-hydrogen) atoms. The molecule has 0 aliphatic carbocycles. The fourth-order valence-corrected chi connectivity index (χ4v) is 4.24. The van der Waals surface area contributed by atoms with E-state index in [2.05, 4.69) is 44.5 Å². The van der Waals surface area contributed by atoms with Crippen molar-refractivity contribution < 1.29 is 9.47 Å². The molecule has 6 rings (SSSR count). The Balaban J connectivity index is 1.27. The lowest BCUT2D eigenvalue weighted by Crippen LogP contribution is -2.16. The molecule has 7 nitrogen and oxygen atoms in total. The molecule has 0 amide bonds. The monoisotopic (exact) mass is 462 g/mol. The lowest BCUT2D eigenvalue weighted by atomic mass is 9.99. The average molecular weight is 463 g/mol. The Labute approximate surface area is 201 Å². The van der Waals surface area contributed by atoms with Gasteiger partial charge < -0.3 is 14.8 Å². The summed E-state index contributed by atoms with van der Waals surface area (Å²) in [6, 6.07) is 26.0. The van der Waals surface area contributed by atoms with Crippen LogP contribution in [0, 0.1) is 0 Å². The van der Waals surface area contributed by atoms with Gasteiger partial charge in [0.25, 0.3) is 5.56 Å². The van der Waals surface area contributed by atoms with Crippen LogP contribution in [-0.4, -0.2) is 28.2 Å². The van der Waals surface area contributed by atoms with E-state index in [9.17, 15) is 4.79 Å². The Kier molecular flexibility index (Phi) is 5.35. The van der Waals surface area contributed by atoms with Crippen molar-refractivity contribution in [2.24, 2.45) is 0 Å². The van der Waals surface area contributed by atoms with E-state index in [4.69, 9.17) is 9.47 Å². The van der Waals surface area contributed by atoms with Crippen LogP contribution in [0.4, 0.5) is 5.95 Å². The van der Waals surface area contributed by atoms with E-state index in [0.29, 0.717) is 36.7 Å². The maximum atomic E-state index is 13.1. The largest absolute Gasteiger partial charge is 0.486 e. The minimum absolute atomic E-state index is 0.241. The lowest BCUT2D eigenvalue weighted by Gasteiger charge is -2.19. The smallest absolute Gasteiger partial charge is 0.262 e. The zero-order valence-corrected chi connectivity index (χ0v) is 18.8. The van der Waals surface area contributed by atoms with E-state index in [-0.39, 0.29) is 5.56 Å². The number of hydrogen-bond acceptors (Lipinski definition) is 6. The van der Waals surface area contributed by atoms with Gasteiger partial charge in [0.2, 0.25) is 5.95 Å². The molecular weight excluding hydrogens is 440 g/mol. The summed E-state index contributed by atoms with van der Waals surface area (Å²) >= 11 is 0. The number of rotatable bonds is 5. The van der Waals surface area contributed by atoms with Crippen LogP contribution in [0.1, 0.15) is 5.56 Å². The van der Waals surface area contributed by atoms with Gasteiger partial charge in [-0.2, -0.15) is 4.98 Å². The fraction of sp³-hybridized carbons (Fsp3) is 0.107. The summed E-state index contributed by atoms with van der Waals surface area (Å²) in [5, 5.41) is 3.65. The molecule has 0 atom stereocenters. The first-order valence-electron chi connectivity index (χ1n) is 11.4. The molecule has 3 heterocycles. The van der Waals surface area contributed by atoms with Gasteiger partial charge in [0.05, 0.1) is 5.39 Å². The van der Waals surface area contributed by atoms with Crippen LogP contribution in [-0.2, 0) is 6.54 Å². The van der Waals surface area contributed by atoms with Crippen LogP contribution in [0.3, 0.4) is 0 Å². The van der Waals surface area contributed by atoms with Crippen molar-refractivity contribution in [2.45, 2.75) is 6.54 Å². The van der Waals surface area contributed by atoms with Crippen LogP contribution < -0.4 is 20.3 Å². The van der Waals surface area contributed by atoms with Crippen LogP contribution in [0.15, 0.2) is 89.9 Å². The molecule has 7 heteroatoms. The molecule has 5 aromatic rings. The highest BCUT2D eigenvalue weighted by atomic mass is 16.6. The normalized spacial score (nSPS) is 12.5. The SMILES string of the molecule is O=c1[nH]c(NCc2ccc3c(c2)OCCO3)nc2nccc(-c3ccc(-c4ccccc4)cc3)c12. The molecule has 0 spiro atoms. The topological polar surface area (TPSA) is 89.1 Å². The number of aromatic amines is 1. The van der Waals surface area contributed by atoms with Gasteiger partial charge in [-0.3, -0.25) is 9.78 Å². The van der Waals surface area contributed by atoms with E-state index in [1.54, 1.807) is 6.20 Å². The Hall–Kier alpha value is -4.65. The van der Waals surface area contributed by atoms with E-state index in [1.807, 2.05) is 54.6 Å². The Morgan fingerprint density at radius 2 is 1.57 bits per heavy atom.